The first-order valence-corrected chi connectivity index (χ1v) is 13.7. The summed E-state index contributed by atoms with van der Waals surface area (Å²) >= 11 is 12.7. The Morgan fingerprint density at radius 1 is 0.951 bits per heavy atom. The molecular formula is C31H28Cl2N6O2. The number of aromatic nitrogens is 2. The van der Waals surface area contributed by atoms with Crippen LogP contribution in [0.3, 0.4) is 0 Å². The molecule has 0 spiro atoms. The lowest BCUT2D eigenvalue weighted by atomic mass is 10.1. The second-order valence-electron chi connectivity index (χ2n) is 9.66. The van der Waals surface area contributed by atoms with Crippen LogP contribution in [0.2, 0.25) is 10.0 Å². The van der Waals surface area contributed by atoms with E-state index in [1.54, 1.807) is 19.2 Å². The number of halogens is 2. The molecule has 41 heavy (non-hydrogen) atoms. The summed E-state index contributed by atoms with van der Waals surface area (Å²) in [6, 6.07) is 15.0. The number of nitrogens with one attached hydrogen (secondary N) is 1. The number of benzene rings is 2. The molecule has 1 aliphatic rings. The lowest BCUT2D eigenvalue weighted by Crippen LogP contribution is -2.44. The summed E-state index contributed by atoms with van der Waals surface area (Å²) in [6.45, 7) is 4.97. The minimum absolute atomic E-state index is 0.338. The van der Waals surface area contributed by atoms with Crippen molar-refractivity contribution in [1.29, 1.82) is 5.26 Å². The van der Waals surface area contributed by atoms with Crippen LogP contribution in [0.1, 0.15) is 22.5 Å². The molecule has 0 bridgehead atoms. The van der Waals surface area contributed by atoms with Crippen LogP contribution in [0.4, 0.5) is 11.4 Å². The quantitative estimate of drug-likeness (QED) is 0.287. The van der Waals surface area contributed by atoms with Gasteiger partial charge in [0.1, 0.15) is 23.3 Å². The second-order valence-corrected chi connectivity index (χ2v) is 10.5. The highest BCUT2D eigenvalue weighted by Gasteiger charge is 2.17. The van der Waals surface area contributed by atoms with Crippen molar-refractivity contribution in [1.82, 2.24) is 19.8 Å². The molecule has 1 aliphatic heterocycles. The van der Waals surface area contributed by atoms with Gasteiger partial charge in [-0.15, -0.1) is 0 Å². The average molecular weight is 588 g/mol. The SMILES string of the molecule is COc1cc(Nc2c(C#N)cnc3cc(C#Cc4cccc(CN5CCN(C)CC5)n4)c(OC)cc23)c(Cl)cc1Cl. The lowest BCUT2D eigenvalue weighted by Gasteiger charge is -2.32. The first-order valence-electron chi connectivity index (χ1n) is 13.0. The summed E-state index contributed by atoms with van der Waals surface area (Å²) in [6.07, 6.45) is 1.51. The number of methoxy groups -OCH3 is 2. The van der Waals surface area contributed by atoms with Gasteiger partial charge in [0.25, 0.3) is 0 Å². The Balaban J connectivity index is 1.47. The molecule has 5 rings (SSSR count). The Bertz CT molecular complexity index is 1700. The van der Waals surface area contributed by atoms with Gasteiger partial charge >= 0.3 is 0 Å². The molecule has 0 radical (unpaired) electrons. The van der Waals surface area contributed by atoms with Crippen LogP contribution >= 0.6 is 23.2 Å². The third kappa shape index (κ3) is 6.48. The highest BCUT2D eigenvalue weighted by Crippen LogP contribution is 2.39. The van der Waals surface area contributed by atoms with E-state index in [0.29, 0.717) is 60.6 Å². The van der Waals surface area contributed by atoms with Crippen molar-refractivity contribution in [3.8, 4) is 29.4 Å². The molecule has 1 fully saturated rings. The van der Waals surface area contributed by atoms with Crippen molar-refractivity contribution in [2.45, 2.75) is 6.54 Å². The van der Waals surface area contributed by atoms with Crippen LogP contribution < -0.4 is 14.8 Å². The smallest absolute Gasteiger partial charge is 0.139 e. The van der Waals surface area contributed by atoms with Crippen LogP contribution in [0.15, 0.2) is 48.7 Å². The molecule has 10 heteroatoms. The lowest BCUT2D eigenvalue weighted by molar-refractivity contribution is 0.147. The fourth-order valence-electron chi connectivity index (χ4n) is 4.62. The van der Waals surface area contributed by atoms with E-state index in [1.165, 1.54) is 13.3 Å². The monoisotopic (exact) mass is 586 g/mol. The standard InChI is InChI=1S/C31H28Cl2N6O2/c1-38-9-11-39(12-10-38)19-23-6-4-5-22(36-23)8-7-20-13-27-24(14-29(20)40-2)31(21(17-34)18-35-27)37-28-16-30(41-3)26(33)15-25(28)32/h4-6,13-16,18H,9-12,19H2,1-3H3,(H,35,37). The predicted octanol–water partition coefficient (Wildman–Crippen LogP) is 5.72. The summed E-state index contributed by atoms with van der Waals surface area (Å²) in [5.41, 5.74) is 4.35. The van der Waals surface area contributed by atoms with E-state index in [1.807, 2.05) is 30.3 Å². The van der Waals surface area contributed by atoms with Crippen molar-refractivity contribution in [2.75, 3.05) is 52.8 Å². The number of piperazine rings is 1. The van der Waals surface area contributed by atoms with Gasteiger partial charge in [0, 0.05) is 50.4 Å². The van der Waals surface area contributed by atoms with Crippen molar-refractivity contribution in [2.24, 2.45) is 0 Å². The normalized spacial score (nSPS) is 13.8. The number of nitrogens with zero attached hydrogens (tertiary/aromatic N) is 5. The molecule has 1 saturated heterocycles. The number of ether oxygens (including phenoxy) is 2. The molecule has 0 amide bonds. The summed E-state index contributed by atoms with van der Waals surface area (Å²) in [7, 11) is 5.25. The molecule has 2 aromatic carbocycles. The topological polar surface area (TPSA) is 86.5 Å². The summed E-state index contributed by atoms with van der Waals surface area (Å²) < 4.78 is 11.0. The Morgan fingerprint density at radius 2 is 1.73 bits per heavy atom. The van der Waals surface area contributed by atoms with E-state index >= 15 is 0 Å². The number of hydrogen-bond donors (Lipinski definition) is 1. The van der Waals surface area contributed by atoms with Gasteiger partial charge in [-0.2, -0.15) is 5.26 Å². The Hall–Kier alpha value is -4.05. The van der Waals surface area contributed by atoms with Crippen LogP contribution in [0.5, 0.6) is 11.5 Å². The van der Waals surface area contributed by atoms with E-state index in [9.17, 15) is 5.26 Å². The van der Waals surface area contributed by atoms with E-state index in [2.05, 4.69) is 45.1 Å². The number of hydrogen-bond acceptors (Lipinski definition) is 8. The first-order chi connectivity index (χ1) is 19.9. The Kier molecular flexibility index (Phi) is 8.78. The summed E-state index contributed by atoms with van der Waals surface area (Å²) in [4.78, 5) is 14.0. The van der Waals surface area contributed by atoms with Gasteiger partial charge in [-0.1, -0.05) is 35.2 Å². The minimum atomic E-state index is 0.338. The van der Waals surface area contributed by atoms with E-state index < -0.39 is 0 Å². The molecule has 0 aliphatic carbocycles. The Labute approximate surface area is 249 Å². The van der Waals surface area contributed by atoms with Crippen LogP contribution in [0.25, 0.3) is 10.9 Å². The molecule has 4 aromatic rings. The number of pyridine rings is 2. The molecule has 8 nitrogen and oxygen atoms in total. The molecule has 1 N–H and O–H groups in total. The van der Waals surface area contributed by atoms with Crippen LogP contribution in [-0.2, 0) is 6.54 Å². The van der Waals surface area contributed by atoms with Crippen LogP contribution in [-0.4, -0.2) is 67.2 Å². The van der Waals surface area contributed by atoms with Gasteiger partial charge in [0.2, 0.25) is 0 Å². The molecular weight excluding hydrogens is 559 g/mol. The van der Waals surface area contributed by atoms with Gasteiger partial charge < -0.3 is 19.7 Å². The van der Waals surface area contributed by atoms with Crippen LogP contribution in [0, 0.1) is 23.2 Å². The van der Waals surface area contributed by atoms with E-state index in [-0.39, 0.29) is 0 Å². The number of anilines is 2. The fourth-order valence-corrected chi connectivity index (χ4v) is 5.13. The average Bonchev–Trinajstić information content (AvgIpc) is 2.98. The van der Waals surface area contributed by atoms with Crippen molar-refractivity contribution >= 4 is 45.5 Å². The van der Waals surface area contributed by atoms with Crippen molar-refractivity contribution in [3.63, 3.8) is 0 Å². The Morgan fingerprint density at radius 3 is 2.46 bits per heavy atom. The highest BCUT2D eigenvalue weighted by atomic mass is 35.5. The third-order valence-corrected chi connectivity index (χ3v) is 7.53. The highest BCUT2D eigenvalue weighted by molar-refractivity contribution is 6.37. The minimum Gasteiger partial charge on any atom is -0.495 e. The molecule has 3 heterocycles. The van der Waals surface area contributed by atoms with Crippen molar-refractivity contribution < 1.29 is 9.47 Å². The third-order valence-electron chi connectivity index (χ3n) is 6.92. The van der Waals surface area contributed by atoms with Gasteiger partial charge in [0.15, 0.2) is 0 Å². The van der Waals surface area contributed by atoms with Gasteiger partial charge in [-0.05, 0) is 43.3 Å². The van der Waals surface area contributed by atoms with Gasteiger partial charge in [-0.3, -0.25) is 9.88 Å². The maximum Gasteiger partial charge on any atom is 0.139 e. The number of fused-ring (bicyclic) bond motifs is 1. The maximum absolute atomic E-state index is 9.82. The molecule has 0 unspecified atom stereocenters. The number of nitriles is 1. The molecule has 0 atom stereocenters. The second kappa shape index (κ2) is 12.6. The van der Waals surface area contributed by atoms with Crippen molar-refractivity contribution in [3.05, 3.63) is 81.2 Å². The zero-order chi connectivity index (χ0) is 28.9. The molecule has 0 saturated carbocycles. The summed E-state index contributed by atoms with van der Waals surface area (Å²) in [5, 5.41) is 14.5. The fraction of sp³-hybridized carbons (Fsp3) is 0.258. The summed E-state index contributed by atoms with van der Waals surface area (Å²) in [5.74, 6) is 7.37. The first kappa shape index (κ1) is 28.5. The zero-order valence-electron chi connectivity index (χ0n) is 23.0. The van der Waals surface area contributed by atoms with Gasteiger partial charge in [0.05, 0.1) is 58.0 Å². The predicted molar refractivity (Wildman–Crippen MR) is 162 cm³/mol. The number of rotatable bonds is 6. The van der Waals surface area contributed by atoms with E-state index in [4.69, 9.17) is 37.7 Å². The maximum atomic E-state index is 9.82. The molecule has 2 aromatic heterocycles. The largest absolute Gasteiger partial charge is 0.495 e. The van der Waals surface area contributed by atoms with E-state index in [0.717, 1.165) is 38.4 Å². The zero-order valence-corrected chi connectivity index (χ0v) is 24.5. The molecule has 208 valence electrons. The van der Waals surface area contributed by atoms with Gasteiger partial charge in [-0.25, -0.2) is 4.98 Å². The number of likely N-dealkylation sites (N-methyl/N-ethyl adjacent to an activating group) is 1.